The van der Waals surface area contributed by atoms with E-state index in [1.165, 1.54) is 28.6 Å². The van der Waals surface area contributed by atoms with Gasteiger partial charge in [0, 0.05) is 12.1 Å². The van der Waals surface area contributed by atoms with Crippen molar-refractivity contribution < 1.29 is 14.1 Å². The second-order valence-corrected chi connectivity index (χ2v) is 7.13. The van der Waals surface area contributed by atoms with Gasteiger partial charge in [-0.25, -0.2) is 0 Å². The molecule has 9 nitrogen and oxygen atoms in total. The molecule has 0 saturated heterocycles. The molecule has 3 heterocycles. The number of rotatable bonds is 3. The summed E-state index contributed by atoms with van der Waals surface area (Å²) >= 11 is 1.12. The summed E-state index contributed by atoms with van der Waals surface area (Å²) in [4.78, 5) is 38.5. The van der Waals surface area contributed by atoms with Crippen molar-refractivity contribution in [2.75, 3.05) is 4.90 Å². The van der Waals surface area contributed by atoms with E-state index in [1.54, 1.807) is 30.3 Å². The Morgan fingerprint density at radius 2 is 1.97 bits per heavy atom. The summed E-state index contributed by atoms with van der Waals surface area (Å²) in [6.45, 7) is 0. The number of fused-ring (bicyclic) bond motifs is 2. The number of amides is 1. The molecule has 0 saturated carbocycles. The van der Waals surface area contributed by atoms with Gasteiger partial charge in [-0.15, -0.1) is 10.2 Å². The first kappa shape index (κ1) is 17.2. The van der Waals surface area contributed by atoms with Crippen LogP contribution in [0.25, 0.3) is 11.0 Å². The number of anilines is 1. The van der Waals surface area contributed by atoms with Crippen molar-refractivity contribution in [3.63, 3.8) is 0 Å². The Balaban J connectivity index is 1.83. The number of hydrogen-bond acceptors (Lipinski definition) is 8. The summed E-state index contributed by atoms with van der Waals surface area (Å²) in [5.41, 5.74) is 1.78. The Morgan fingerprint density at radius 3 is 2.72 bits per heavy atom. The number of nitrogens with zero attached hydrogens (tertiary/aromatic N) is 4. The molecule has 0 N–H and O–H groups in total. The van der Waals surface area contributed by atoms with Crippen LogP contribution in [0.3, 0.4) is 0 Å². The van der Waals surface area contributed by atoms with E-state index in [-0.39, 0.29) is 27.6 Å². The third-order valence-electron chi connectivity index (χ3n) is 4.73. The van der Waals surface area contributed by atoms with Gasteiger partial charge in [0.1, 0.15) is 11.1 Å². The quantitative estimate of drug-likeness (QED) is 0.378. The molecular formula is C19H10N4O5S. The van der Waals surface area contributed by atoms with Gasteiger partial charge in [-0.05, 0) is 17.7 Å². The van der Waals surface area contributed by atoms with Crippen LogP contribution in [0.15, 0.2) is 63.3 Å². The SMILES string of the molecule is O=C1c2oc3ccccc3c(=O)c2C(c2cccc([N+](=O)[O-])c2)N1c1nncs1. The highest BCUT2D eigenvalue weighted by atomic mass is 32.1. The molecule has 1 aliphatic heterocycles. The summed E-state index contributed by atoms with van der Waals surface area (Å²) in [7, 11) is 0. The van der Waals surface area contributed by atoms with Crippen molar-refractivity contribution in [2.24, 2.45) is 0 Å². The second-order valence-electron chi connectivity index (χ2n) is 6.32. The number of non-ortho nitro benzene ring substituents is 1. The summed E-state index contributed by atoms with van der Waals surface area (Å²) in [6.07, 6.45) is 0. The van der Waals surface area contributed by atoms with Crippen LogP contribution in [0.5, 0.6) is 0 Å². The lowest BCUT2D eigenvalue weighted by Crippen LogP contribution is -2.29. The van der Waals surface area contributed by atoms with Crippen LogP contribution >= 0.6 is 11.3 Å². The number of benzene rings is 2. The molecule has 2 aromatic heterocycles. The minimum atomic E-state index is -0.911. The molecule has 1 aliphatic rings. The Kier molecular flexibility index (Phi) is 3.74. The summed E-state index contributed by atoms with van der Waals surface area (Å²) in [6, 6.07) is 11.6. The van der Waals surface area contributed by atoms with Crippen molar-refractivity contribution in [1.82, 2.24) is 10.2 Å². The minimum Gasteiger partial charge on any atom is -0.450 e. The number of hydrogen-bond donors (Lipinski definition) is 0. The minimum absolute atomic E-state index is 0.0968. The van der Waals surface area contributed by atoms with Crippen LogP contribution in [0.4, 0.5) is 10.8 Å². The zero-order chi connectivity index (χ0) is 20.1. The number of nitro groups is 1. The molecule has 10 heteroatoms. The maximum atomic E-state index is 13.3. The van der Waals surface area contributed by atoms with Crippen LogP contribution in [0.1, 0.15) is 27.7 Å². The van der Waals surface area contributed by atoms with Crippen LogP contribution in [-0.2, 0) is 0 Å². The largest absolute Gasteiger partial charge is 0.450 e. The van der Waals surface area contributed by atoms with E-state index in [4.69, 9.17) is 4.42 Å². The summed E-state index contributed by atoms with van der Waals surface area (Å²) in [5.74, 6) is -0.642. The molecule has 4 aromatic rings. The van der Waals surface area contributed by atoms with Crippen LogP contribution in [0, 0.1) is 10.1 Å². The fraction of sp³-hybridized carbons (Fsp3) is 0.0526. The molecule has 1 atom stereocenters. The first-order valence-electron chi connectivity index (χ1n) is 8.46. The third-order valence-corrected chi connectivity index (χ3v) is 5.42. The predicted molar refractivity (Wildman–Crippen MR) is 104 cm³/mol. The third kappa shape index (κ3) is 2.53. The van der Waals surface area contributed by atoms with Gasteiger partial charge in [0.05, 0.1) is 21.9 Å². The molecule has 0 aliphatic carbocycles. The van der Waals surface area contributed by atoms with E-state index >= 15 is 0 Å². The molecule has 0 radical (unpaired) electrons. The van der Waals surface area contributed by atoms with E-state index in [0.717, 1.165) is 11.3 Å². The highest BCUT2D eigenvalue weighted by Gasteiger charge is 2.45. The normalized spacial score (nSPS) is 15.7. The fourth-order valence-electron chi connectivity index (χ4n) is 3.51. The Labute approximate surface area is 166 Å². The van der Waals surface area contributed by atoms with E-state index < -0.39 is 16.9 Å². The Morgan fingerprint density at radius 1 is 1.14 bits per heavy atom. The number of carbonyl (C=O) groups is 1. The van der Waals surface area contributed by atoms with Crippen LogP contribution in [0.2, 0.25) is 0 Å². The van der Waals surface area contributed by atoms with E-state index in [1.807, 2.05) is 0 Å². The number of carbonyl (C=O) groups excluding carboxylic acids is 1. The lowest BCUT2D eigenvalue weighted by atomic mass is 9.98. The first-order chi connectivity index (χ1) is 14.1. The number of aromatic nitrogens is 2. The van der Waals surface area contributed by atoms with Crippen LogP contribution in [-0.4, -0.2) is 21.0 Å². The van der Waals surface area contributed by atoms with E-state index in [9.17, 15) is 19.7 Å². The van der Waals surface area contributed by atoms with Crippen LogP contribution < -0.4 is 10.3 Å². The van der Waals surface area contributed by atoms with Gasteiger partial charge >= 0.3 is 0 Å². The monoisotopic (exact) mass is 406 g/mol. The van der Waals surface area contributed by atoms with Gasteiger partial charge in [-0.1, -0.05) is 35.6 Å². The summed E-state index contributed by atoms with van der Waals surface area (Å²) in [5, 5.41) is 19.6. The summed E-state index contributed by atoms with van der Waals surface area (Å²) < 4.78 is 5.79. The molecule has 2 aromatic carbocycles. The second kappa shape index (κ2) is 6.31. The molecular weight excluding hydrogens is 396 g/mol. The maximum Gasteiger partial charge on any atom is 0.297 e. The number of para-hydroxylation sites is 1. The molecule has 1 unspecified atom stereocenters. The molecule has 0 spiro atoms. The first-order valence-corrected chi connectivity index (χ1v) is 9.34. The van der Waals surface area contributed by atoms with E-state index in [2.05, 4.69) is 10.2 Å². The zero-order valence-corrected chi connectivity index (χ0v) is 15.3. The zero-order valence-electron chi connectivity index (χ0n) is 14.5. The molecule has 5 rings (SSSR count). The topological polar surface area (TPSA) is 119 Å². The lowest BCUT2D eigenvalue weighted by Gasteiger charge is -2.21. The van der Waals surface area contributed by atoms with Crippen molar-refractivity contribution in [3.8, 4) is 0 Å². The van der Waals surface area contributed by atoms with E-state index in [0.29, 0.717) is 16.5 Å². The van der Waals surface area contributed by atoms with Gasteiger partial charge in [0.25, 0.3) is 11.6 Å². The number of nitro benzene ring substituents is 1. The fourth-order valence-corrected chi connectivity index (χ4v) is 4.10. The van der Waals surface area contributed by atoms with Crippen molar-refractivity contribution in [1.29, 1.82) is 0 Å². The van der Waals surface area contributed by atoms with Crippen molar-refractivity contribution >= 4 is 39.0 Å². The van der Waals surface area contributed by atoms with Crippen molar-refractivity contribution in [2.45, 2.75) is 6.04 Å². The Bertz CT molecular complexity index is 1350. The molecule has 1 amide bonds. The van der Waals surface area contributed by atoms with Gasteiger partial charge in [-0.3, -0.25) is 24.6 Å². The highest BCUT2D eigenvalue weighted by Crippen LogP contribution is 2.42. The average Bonchev–Trinajstić information content (AvgIpc) is 3.35. The highest BCUT2D eigenvalue weighted by molar-refractivity contribution is 7.13. The van der Waals surface area contributed by atoms with Gasteiger partial charge in [-0.2, -0.15) is 0 Å². The molecule has 0 bridgehead atoms. The lowest BCUT2D eigenvalue weighted by molar-refractivity contribution is -0.384. The average molecular weight is 406 g/mol. The van der Waals surface area contributed by atoms with Gasteiger partial charge < -0.3 is 4.42 Å². The molecule has 142 valence electrons. The predicted octanol–water partition coefficient (Wildman–Crippen LogP) is 3.30. The maximum absolute atomic E-state index is 13.3. The van der Waals surface area contributed by atoms with Gasteiger partial charge in [0.15, 0.2) is 5.43 Å². The molecule has 0 fully saturated rings. The standard InChI is InChI=1S/C19H10N4O5S/c24-16-12-6-1-2-7-13(12)28-17-14(16)15(10-4-3-5-11(8-10)23(26)27)22(18(17)25)19-21-20-9-29-19/h1-9,15H. The van der Waals surface area contributed by atoms with Gasteiger partial charge in [0.2, 0.25) is 10.9 Å². The smallest absolute Gasteiger partial charge is 0.297 e. The van der Waals surface area contributed by atoms with Crippen molar-refractivity contribution in [3.05, 3.63) is 91.3 Å². The Hall–Kier alpha value is -3.92. The molecule has 29 heavy (non-hydrogen) atoms.